The number of rotatable bonds is 11. The fourth-order valence-electron chi connectivity index (χ4n) is 3.23. The molecule has 2 aromatic rings. The van der Waals surface area contributed by atoms with Gasteiger partial charge in [0.15, 0.2) is 5.78 Å². The van der Waals surface area contributed by atoms with Crippen LogP contribution in [0.25, 0.3) is 0 Å². The Morgan fingerprint density at radius 1 is 1.12 bits per heavy atom. The lowest BCUT2D eigenvalue weighted by molar-refractivity contribution is 0.0970. The van der Waals surface area contributed by atoms with Crippen LogP contribution in [0.3, 0.4) is 0 Å². The van der Waals surface area contributed by atoms with Crippen LogP contribution in [0.1, 0.15) is 61.3 Å². The van der Waals surface area contributed by atoms with Gasteiger partial charge in [0.05, 0.1) is 12.3 Å². The molecular formula is C22H32N2O2. The minimum atomic E-state index is -0.579. The van der Waals surface area contributed by atoms with Gasteiger partial charge in [-0.25, -0.2) is 0 Å². The number of aliphatic hydroxyl groups is 1. The molecule has 1 atom stereocenters. The third kappa shape index (κ3) is 5.82. The molecule has 0 aliphatic rings. The van der Waals surface area contributed by atoms with Gasteiger partial charge < -0.3 is 15.4 Å². The van der Waals surface area contributed by atoms with Crippen LogP contribution in [-0.4, -0.2) is 27.6 Å². The second kappa shape index (κ2) is 9.70. The molecular weight excluding hydrogens is 324 g/mol. The van der Waals surface area contributed by atoms with Crippen LogP contribution in [-0.2, 0) is 19.4 Å². The molecule has 0 radical (unpaired) electrons. The van der Waals surface area contributed by atoms with Gasteiger partial charge in [-0.1, -0.05) is 30.3 Å². The molecule has 1 aromatic carbocycles. The van der Waals surface area contributed by atoms with E-state index in [0.717, 1.165) is 43.6 Å². The highest BCUT2D eigenvalue weighted by Gasteiger charge is 2.19. The number of carbonyl (C=O) groups is 1. The first kappa shape index (κ1) is 20.4. The van der Waals surface area contributed by atoms with E-state index >= 15 is 0 Å². The van der Waals surface area contributed by atoms with Gasteiger partial charge in [-0.05, 0) is 63.6 Å². The Balaban J connectivity index is 1.88. The molecule has 0 spiro atoms. The molecule has 1 unspecified atom stereocenters. The van der Waals surface area contributed by atoms with Crippen molar-refractivity contribution < 1.29 is 9.90 Å². The maximum absolute atomic E-state index is 12.6. The molecule has 0 fully saturated rings. The molecule has 0 bridgehead atoms. The predicted molar refractivity (Wildman–Crippen MR) is 106 cm³/mol. The first-order valence-corrected chi connectivity index (χ1v) is 9.62. The van der Waals surface area contributed by atoms with Gasteiger partial charge in [-0.3, -0.25) is 4.79 Å². The van der Waals surface area contributed by atoms with E-state index in [-0.39, 0.29) is 12.4 Å². The van der Waals surface area contributed by atoms with Crippen molar-refractivity contribution in [2.75, 3.05) is 6.61 Å². The molecule has 0 aliphatic heterocycles. The van der Waals surface area contributed by atoms with Gasteiger partial charge >= 0.3 is 0 Å². The van der Waals surface area contributed by atoms with Gasteiger partial charge in [0.25, 0.3) is 0 Å². The van der Waals surface area contributed by atoms with E-state index in [1.54, 1.807) is 0 Å². The van der Waals surface area contributed by atoms with Crippen LogP contribution in [0.2, 0.25) is 0 Å². The summed E-state index contributed by atoms with van der Waals surface area (Å²) < 4.78 is 2.09. The minimum absolute atomic E-state index is 0.0347. The molecule has 0 amide bonds. The Labute approximate surface area is 157 Å². The second-order valence-corrected chi connectivity index (χ2v) is 7.38. The van der Waals surface area contributed by atoms with Crippen LogP contribution in [0.4, 0.5) is 0 Å². The van der Waals surface area contributed by atoms with Crippen molar-refractivity contribution >= 4 is 5.78 Å². The highest BCUT2D eigenvalue weighted by molar-refractivity contribution is 5.94. The lowest BCUT2D eigenvalue weighted by Gasteiger charge is -2.22. The van der Waals surface area contributed by atoms with Crippen molar-refractivity contribution in [2.24, 2.45) is 5.73 Å². The second-order valence-electron chi connectivity index (χ2n) is 7.38. The average Bonchev–Trinajstić information content (AvgIpc) is 3.07. The molecule has 0 saturated heterocycles. The van der Waals surface area contributed by atoms with E-state index < -0.39 is 5.54 Å². The molecule has 4 nitrogen and oxygen atoms in total. The van der Waals surface area contributed by atoms with Gasteiger partial charge in [-0.15, -0.1) is 0 Å². The molecule has 0 aliphatic carbocycles. The van der Waals surface area contributed by atoms with Gasteiger partial charge in [0.1, 0.15) is 0 Å². The highest BCUT2D eigenvalue weighted by Crippen LogP contribution is 2.18. The number of nitrogens with zero attached hydrogens (tertiary/aromatic N) is 1. The molecule has 0 saturated carbocycles. The van der Waals surface area contributed by atoms with Crippen molar-refractivity contribution in [1.29, 1.82) is 0 Å². The average molecular weight is 357 g/mol. The van der Waals surface area contributed by atoms with Crippen molar-refractivity contribution in [3.63, 3.8) is 0 Å². The van der Waals surface area contributed by atoms with Crippen molar-refractivity contribution in [2.45, 2.75) is 64.5 Å². The number of unbranched alkanes of at least 4 members (excludes halogenated alkanes) is 1. The Morgan fingerprint density at radius 2 is 1.85 bits per heavy atom. The number of benzene rings is 1. The Morgan fingerprint density at radius 3 is 2.50 bits per heavy atom. The fourth-order valence-corrected chi connectivity index (χ4v) is 3.23. The minimum Gasteiger partial charge on any atom is -0.394 e. The summed E-state index contributed by atoms with van der Waals surface area (Å²) >= 11 is 0. The Hall–Kier alpha value is -1.91. The number of nitrogens with two attached hydrogens (primary N) is 1. The summed E-state index contributed by atoms with van der Waals surface area (Å²) in [6, 6.07) is 14.4. The highest BCUT2D eigenvalue weighted by atomic mass is 16.3. The van der Waals surface area contributed by atoms with Crippen LogP contribution in [0.5, 0.6) is 0 Å². The smallest absolute Gasteiger partial charge is 0.179 e. The summed E-state index contributed by atoms with van der Waals surface area (Å²) in [5.41, 5.74) is 8.68. The summed E-state index contributed by atoms with van der Waals surface area (Å²) in [5.74, 6) is 0.212. The SMILES string of the molecule is CCn1c(CCC(C)(N)CO)ccc1C(=O)CCCCc1ccccc1. The number of aryl methyl sites for hydroxylation is 2. The molecule has 1 aromatic heterocycles. The number of aromatic nitrogens is 1. The third-order valence-electron chi connectivity index (χ3n) is 4.95. The summed E-state index contributed by atoms with van der Waals surface area (Å²) in [6.45, 7) is 4.65. The summed E-state index contributed by atoms with van der Waals surface area (Å²) in [6.07, 6.45) is 4.99. The summed E-state index contributed by atoms with van der Waals surface area (Å²) in [4.78, 5) is 12.6. The standard InChI is InChI=1S/C22H32N2O2/c1-3-24-19(15-16-22(2,23)17-25)13-14-20(24)21(26)12-8-7-11-18-9-5-4-6-10-18/h4-6,9-10,13-14,25H,3,7-8,11-12,15-17,23H2,1-2H3. The normalized spacial score (nSPS) is 13.5. The zero-order chi connectivity index (χ0) is 19.0. The zero-order valence-corrected chi connectivity index (χ0v) is 16.1. The van der Waals surface area contributed by atoms with Crippen LogP contribution >= 0.6 is 0 Å². The van der Waals surface area contributed by atoms with Crippen LogP contribution in [0.15, 0.2) is 42.5 Å². The molecule has 3 N–H and O–H groups in total. The van der Waals surface area contributed by atoms with E-state index in [1.807, 2.05) is 25.1 Å². The van der Waals surface area contributed by atoms with E-state index in [4.69, 9.17) is 5.73 Å². The zero-order valence-electron chi connectivity index (χ0n) is 16.1. The topological polar surface area (TPSA) is 68.2 Å². The lowest BCUT2D eigenvalue weighted by atomic mass is 9.97. The Kier molecular flexibility index (Phi) is 7.61. The van der Waals surface area contributed by atoms with E-state index in [2.05, 4.69) is 35.8 Å². The van der Waals surface area contributed by atoms with Gasteiger partial charge in [0.2, 0.25) is 0 Å². The number of hydrogen-bond acceptors (Lipinski definition) is 3. The maximum Gasteiger partial charge on any atom is 0.179 e. The number of hydrogen-bond donors (Lipinski definition) is 2. The van der Waals surface area contributed by atoms with Crippen molar-refractivity contribution in [3.8, 4) is 0 Å². The van der Waals surface area contributed by atoms with Crippen molar-refractivity contribution in [1.82, 2.24) is 4.57 Å². The first-order chi connectivity index (χ1) is 12.5. The summed E-state index contributed by atoms with van der Waals surface area (Å²) in [7, 11) is 0. The Bertz CT molecular complexity index is 689. The number of ketones is 1. The van der Waals surface area contributed by atoms with Gasteiger partial charge in [-0.2, -0.15) is 0 Å². The van der Waals surface area contributed by atoms with Gasteiger partial charge in [0, 0.05) is 24.2 Å². The van der Waals surface area contributed by atoms with Crippen LogP contribution in [0, 0.1) is 0 Å². The molecule has 26 heavy (non-hydrogen) atoms. The summed E-state index contributed by atoms with van der Waals surface area (Å²) in [5, 5.41) is 9.31. The number of aliphatic hydroxyl groups excluding tert-OH is 1. The quantitative estimate of drug-likeness (QED) is 0.476. The maximum atomic E-state index is 12.6. The van der Waals surface area contributed by atoms with Crippen LogP contribution < -0.4 is 5.73 Å². The lowest BCUT2D eigenvalue weighted by Crippen LogP contribution is -2.40. The van der Waals surface area contributed by atoms with E-state index in [0.29, 0.717) is 12.8 Å². The third-order valence-corrected chi connectivity index (χ3v) is 4.95. The molecule has 1 heterocycles. The monoisotopic (exact) mass is 356 g/mol. The number of carbonyl (C=O) groups excluding carboxylic acids is 1. The van der Waals surface area contributed by atoms with Crippen molar-refractivity contribution in [3.05, 3.63) is 59.4 Å². The van der Waals surface area contributed by atoms with E-state index in [1.165, 1.54) is 5.56 Å². The number of Topliss-reactive ketones (excluding diaryl/α,β-unsaturated/α-hetero) is 1. The predicted octanol–water partition coefficient (Wildman–Crippen LogP) is 3.75. The first-order valence-electron chi connectivity index (χ1n) is 9.62. The molecule has 4 heteroatoms. The van der Waals surface area contributed by atoms with E-state index in [9.17, 15) is 9.90 Å². The molecule has 142 valence electrons. The largest absolute Gasteiger partial charge is 0.394 e. The molecule has 2 rings (SSSR count). The fraction of sp³-hybridized carbons (Fsp3) is 0.500.